The van der Waals surface area contributed by atoms with E-state index in [1.54, 1.807) is 11.3 Å². The maximum Gasteiger partial charge on any atom is 0.160 e. The Balaban J connectivity index is 2.64. The molecule has 0 saturated carbocycles. The number of hydrogen-bond donors (Lipinski definition) is 0. The van der Waals surface area contributed by atoms with Gasteiger partial charge in [-0.15, -0.1) is 11.3 Å². The molecular formula is C10H5BrOS. The van der Waals surface area contributed by atoms with E-state index < -0.39 is 0 Å². The highest BCUT2D eigenvalue weighted by Gasteiger charge is 2.10. The van der Waals surface area contributed by atoms with Crippen LogP contribution >= 0.6 is 27.3 Å². The van der Waals surface area contributed by atoms with Crippen LogP contribution in [-0.2, 0) is 0 Å². The third kappa shape index (κ3) is 0.974. The smallest absolute Gasteiger partial charge is 0.160 e. The molecule has 0 aliphatic carbocycles. The van der Waals surface area contributed by atoms with Crippen molar-refractivity contribution >= 4 is 48.5 Å². The van der Waals surface area contributed by atoms with Gasteiger partial charge in [-0.3, -0.25) is 0 Å². The normalized spacial score (nSPS) is 11.5. The number of rotatable bonds is 0. The first-order chi connectivity index (χ1) is 6.36. The predicted molar refractivity (Wildman–Crippen MR) is 59.3 cm³/mol. The molecule has 1 aromatic carbocycles. The van der Waals surface area contributed by atoms with E-state index in [1.807, 2.05) is 18.2 Å². The van der Waals surface area contributed by atoms with E-state index in [1.165, 1.54) is 10.1 Å². The highest BCUT2D eigenvalue weighted by Crippen LogP contribution is 2.37. The average Bonchev–Trinajstić information content (AvgIpc) is 2.67. The summed E-state index contributed by atoms with van der Waals surface area (Å²) in [4.78, 5) is 0. The Morgan fingerprint density at radius 3 is 3.00 bits per heavy atom. The van der Waals surface area contributed by atoms with Gasteiger partial charge < -0.3 is 4.42 Å². The van der Waals surface area contributed by atoms with Gasteiger partial charge in [-0.2, -0.15) is 0 Å². The fourth-order valence-electron chi connectivity index (χ4n) is 1.46. The Morgan fingerprint density at radius 2 is 2.08 bits per heavy atom. The van der Waals surface area contributed by atoms with Crippen LogP contribution in [0.5, 0.6) is 0 Å². The van der Waals surface area contributed by atoms with Gasteiger partial charge in [0.1, 0.15) is 5.58 Å². The molecule has 0 amide bonds. The Hall–Kier alpha value is -0.800. The summed E-state index contributed by atoms with van der Waals surface area (Å²) in [5.41, 5.74) is 1.93. The van der Waals surface area contributed by atoms with Crippen LogP contribution in [0, 0.1) is 0 Å². The van der Waals surface area contributed by atoms with E-state index in [2.05, 4.69) is 27.4 Å². The highest BCUT2D eigenvalue weighted by molar-refractivity contribution is 9.10. The first-order valence-electron chi connectivity index (χ1n) is 3.90. The van der Waals surface area contributed by atoms with Gasteiger partial charge in [-0.1, -0.05) is 12.1 Å². The molecule has 64 valence electrons. The molecule has 0 bridgehead atoms. The number of furan rings is 1. The maximum atomic E-state index is 5.69. The van der Waals surface area contributed by atoms with Crippen LogP contribution < -0.4 is 0 Å². The second-order valence-corrected chi connectivity index (χ2v) is 4.57. The fraction of sp³-hybridized carbons (Fsp3) is 0. The fourth-order valence-corrected chi connectivity index (χ4v) is 3.03. The molecule has 0 radical (unpaired) electrons. The summed E-state index contributed by atoms with van der Waals surface area (Å²) in [5.74, 6) is 0. The monoisotopic (exact) mass is 252 g/mol. The first kappa shape index (κ1) is 7.59. The lowest BCUT2D eigenvalue weighted by molar-refractivity contribution is 0.668. The Morgan fingerprint density at radius 1 is 1.23 bits per heavy atom. The predicted octanol–water partition coefficient (Wildman–Crippen LogP) is 4.41. The summed E-state index contributed by atoms with van der Waals surface area (Å²) in [5, 5.41) is 3.26. The van der Waals surface area contributed by atoms with Crippen LogP contribution in [0.15, 0.2) is 38.5 Å². The zero-order valence-corrected chi connectivity index (χ0v) is 8.98. The molecule has 0 unspecified atom stereocenters. The van der Waals surface area contributed by atoms with E-state index in [9.17, 15) is 0 Å². The van der Waals surface area contributed by atoms with Gasteiger partial charge in [0.2, 0.25) is 0 Å². The van der Waals surface area contributed by atoms with Crippen LogP contribution in [0.4, 0.5) is 0 Å². The van der Waals surface area contributed by atoms with Crippen LogP contribution in [0.1, 0.15) is 0 Å². The second kappa shape index (κ2) is 2.59. The quantitative estimate of drug-likeness (QED) is 0.578. The van der Waals surface area contributed by atoms with Crippen LogP contribution in [0.25, 0.3) is 21.3 Å². The first-order valence-corrected chi connectivity index (χ1v) is 5.58. The van der Waals surface area contributed by atoms with E-state index in [0.717, 1.165) is 15.6 Å². The second-order valence-electron chi connectivity index (χ2n) is 2.84. The maximum absolute atomic E-state index is 5.69. The van der Waals surface area contributed by atoms with Gasteiger partial charge in [0.25, 0.3) is 0 Å². The molecule has 0 fully saturated rings. The SMILES string of the molecule is Brc1csc2c1oc1ccccc12. The zero-order chi connectivity index (χ0) is 8.84. The number of fused-ring (bicyclic) bond motifs is 3. The number of halogens is 1. The summed E-state index contributed by atoms with van der Waals surface area (Å²) in [6.07, 6.45) is 0. The summed E-state index contributed by atoms with van der Waals surface area (Å²) in [7, 11) is 0. The van der Waals surface area contributed by atoms with Crippen LogP contribution in [0.2, 0.25) is 0 Å². The molecule has 13 heavy (non-hydrogen) atoms. The molecule has 0 spiro atoms. The lowest BCUT2D eigenvalue weighted by atomic mass is 10.2. The lowest BCUT2D eigenvalue weighted by Gasteiger charge is -1.83. The molecule has 3 rings (SSSR count). The third-order valence-electron chi connectivity index (χ3n) is 2.05. The van der Waals surface area contributed by atoms with Crippen LogP contribution in [-0.4, -0.2) is 0 Å². The van der Waals surface area contributed by atoms with Gasteiger partial charge >= 0.3 is 0 Å². The topological polar surface area (TPSA) is 13.1 Å². The molecule has 0 aliphatic rings. The van der Waals surface area contributed by atoms with Crippen molar-refractivity contribution in [1.82, 2.24) is 0 Å². The van der Waals surface area contributed by atoms with Crippen molar-refractivity contribution in [3.63, 3.8) is 0 Å². The molecule has 3 heteroatoms. The molecular weight excluding hydrogens is 248 g/mol. The van der Waals surface area contributed by atoms with E-state index in [4.69, 9.17) is 4.42 Å². The van der Waals surface area contributed by atoms with Gasteiger partial charge in [-0.05, 0) is 28.1 Å². The van der Waals surface area contributed by atoms with E-state index in [-0.39, 0.29) is 0 Å². The van der Waals surface area contributed by atoms with Crippen molar-refractivity contribution in [2.75, 3.05) is 0 Å². The summed E-state index contributed by atoms with van der Waals surface area (Å²) in [6.45, 7) is 0. The summed E-state index contributed by atoms with van der Waals surface area (Å²) in [6, 6.07) is 8.10. The van der Waals surface area contributed by atoms with Crippen molar-refractivity contribution in [2.24, 2.45) is 0 Å². The van der Waals surface area contributed by atoms with Crippen molar-refractivity contribution < 1.29 is 4.42 Å². The van der Waals surface area contributed by atoms with E-state index >= 15 is 0 Å². The van der Waals surface area contributed by atoms with Crippen molar-refractivity contribution in [2.45, 2.75) is 0 Å². The van der Waals surface area contributed by atoms with Crippen molar-refractivity contribution in [3.8, 4) is 0 Å². The third-order valence-corrected chi connectivity index (χ3v) is 3.93. The minimum atomic E-state index is 0.963. The summed E-state index contributed by atoms with van der Waals surface area (Å²) < 4.78 is 7.96. The number of benzene rings is 1. The lowest BCUT2D eigenvalue weighted by Crippen LogP contribution is -1.59. The van der Waals surface area contributed by atoms with Crippen molar-refractivity contribution in [3.05, 3.63) is 34.1 Å². The minimum absolute atomic E-state index is 0.963. The zero-order valence-electron chi connectivity index (χ0n) is 6.58. The minimum Gasteiger partial charge on any atom is -0.454 e. The Bertz CT molecular complexity index is 579. The number of hydrogen-bond acceptors (Lipinski definition) is 2. The average molecular weight is 253 g/mol. The van der Waals surface area contributed by atoms with Crippen molar-refractivity contribution in [1.29, 1.82) is 0 Å². The van der Waals surface area contributed by atoms with Gasteiger partial charge in [0.05, 0.1) is 9.17 Å². The highest BCUT2D eigenvalue weighted by atomic mass is 79.9. The molecule has 1 nitrogen and oxygen atoms in total. The standard InChI is InChI=1S/C10H5BrOS/c11-7-5-13-10-6-3-1-2-4-8(6)12-9(7)10/h1-5H. The molecule has 3 aromatic rings. The molecule has 0 atom stereocenters. The summed E-state index contributed by atoms with van der Waals surface area (Å²) >= 11 is 5.17. The molecule has 0 aliphatic heterocycles. The number of para-hydroxylation sites is 1. The molecule has 0 saturated heterocycles. The van der Waals surface area contributed by atoms with Gasteiger partial charge in [0, 0.05) is 10.8 Å². The Kier molecular flexibility index (Phi) is 1.51. The molecule has 0 N–H and O–H groups in total. The Labute approximate surface area is 87.1 Å². The van der Waals surface area contributed by atoms with Crippen LogP contribution in [0.3, 0.4) is 0 Å². The molecule has 2 heterocycles. The molecule has 2 aromatic heterocycles. The van der Waals surface area contributed by atoms with Gasteiger partial charge in [0.15, 0.2) is 5.58 Å². The van der Waals surface area contributed by atoms with Gasteiger partial charge in [-0.25, -0.2) is 0 Å². The van der Waals surface area contributed by atoms with E-state index in [0.29, 0.717) is 0 Å². The largest absolute Gasteiger partial charge is 0.454 e. The number of thiophene rings is 1.